The van der Waals surface area contributed by atoms with Crippen LogP contribution in [0.3, 0.4) is 0 Å². The van der Waals surface area contributed by atoms with Gasteiger partial charge in [-0.2, -0.15) is 4.98 Å². The van der Waals surface area contributed by atoms with Gasteiger partial charge in [-0.3, -0.25) is 14.8 Å². The van der Waals surface area contributed by atoms with Crippen molar-refractivity contribution in [3.05, 3.63) is 112 Å². The van der Waals surface area contributed by atoms with Crippen molar-refractivity contribution < 1.29 is 14.7 Å². The van der Waals surface area contributed by atoms with Crippen LogP contribution in [0.1, 0.15) is 67.3 Å². The van der Waals surface area contributed by atoms with Crippen LogP contribution in [0.4, 0.5) is 11.7 Å². The molecule has 10 heteroatoms. The lowest BCUT2D eigenvalue weighted by atomic mass is 9.55. The third kappa shape index (κ3) is 6.04. The summed E-state index contributed by atoms with van der Waals surface area (Å²) in [7, 11) is 1.78. The molecular formula is C42H44N6O4. The predicted octanol–water partition coefficient (Wildman–Crippen LogP) is 8.02. The number of aryl methyl sites for hydroxylation is 4. The fourth-order valence-corrected chi connectivity index (χ4v) is 9.19. The zero-order valence-corrected chi connectivity index (χ0v) is 30.0. The molecule has 0 radical (unpaired) electrons. The minimum atomic E-state index is -0.0883. The van der Waals surface area contributed by atoms with Crippen molar-refractivity contribution in [2.75, 3.05) is 5.32 Å². The van der Waals surface area contributed by atoms with Gasteiger partial charge in [0.05, 0.1) is 11.6 Å². The third-order valence-electron chi connectivity index (χ3n) is 12.0. The molecule has 4 heterocycles. The summed E-state index contributed by atoms with van der Waals surface area (Å²) in [6.45, 7) is 6.20. The lowest BCUT2D eigenvalue weighted by Crippen LogP contribution is -2.43. The number of benzene rings is 2. The number of nitrogens with one attached hydrogen (secondary N) is 1. The molecule has 266 valence electrons. The van der Waals surface area contributed by atoms with E-state index in [0.29, 0.717) is 34.7 Å². The minimum absolute atomic E-state index is 0.0708. The van der Waals surface area contributed by atoms with Crippen LogP contribution in [0.25, 0.3) is 33.5 Å². The number of anilines is 2. The van der Waals surface area contributed by atoms with Crippen LogP contribution in [-0.4, -0.2) is 41.0 Å². The highest BCUT2D eigenvalue weighted by molar-refractivity contribution is 5.85. The van der Waals surface area contributed by atoms with Gasteiger partial charge < -0.3 is 24.6 Å². The molecule has 3 N–H and O–H groups in total. The number of aliphatic hydroxyl groups is 1. The first-order valence-electron chi connectivity index (χ1n) is 18.2. The number of phenolic OH excluding ortho intramolecular Hbond substituents is 1. The number of pyridine rings is 3. The van der Waals surface area contributed by atoms with Gasteiger partial charge in [0.25, 0.3) is 5.56 Å². The van der Waals surface area contributed by atoms with E-state index in [0.717, 1.165) is 58.6 Å². The molecule has 10 nitrogen and oxygen atoms in total. The summed E-state index contributed by atoms with van der Waals surface area (Å²) in [5, 5.41) is 28.1. The lowest BCUT2D eigenvalue weighted by Gasteiger charge is -2.50. The highest BCUT2D eigenvalue weighted by atomic mass is 16.5. The summed E-state index contributed by atoms with van der Waals surface area (Å²) in [6.07, 6.45) is 10.2. The number of aromatic nitrogens is 5. The van der Waals surface area contributed by atoms with Crippen LogP contribution in [0.5, 0.6) is 5.75 Å². The van der Waals surface area contributed by atoms with E-state index in [1.54, 1.807) is 24.0 Å². The molecule has 0 unspecified atom stereocenters. The second-order valence-electron chi connectivity index (χ2n) is 15.0. The number of hydrogen-bond acceptors (Lipinski definition) is 9. The van der Waals surface area contributed by atoms with Crippen molar-refractivity contribution in [3.8, 4) is 28.4 Å². The van der Waals surface area contributed by atoms with Crippen LogP contribution in [-0.2, 0) is 13.5 Å². The normalized spacial score (nSPS) is 23.2. The van der Waals surface area contributed by atoms with Gasteiger partial charge in [0, 0.05) is 41.8 Å². The van der Waals surface area contributed by atoms with Crippen molar-refractivity contribution in [2.45, 2.75) is 71.3 Å². The van der Waals surface area contributed by atoms with Crippen molar-refractivity contribution in [2.24, 2.45) is 24.3 Å². The van der Waals surface area contributed by atoms with Gasteiger partial charge in [0.2, 0.25) is 5.82 Å². The van der Waals surface area contributed by atoms with E-state index < -0.39 is 0 Å². The SMILES string of the molecule is C[C@]12CC[C@@H]3c4ccc(O)cc4CC[C@H]3[C@@H]1CC[C@@H]2O.Cc1cc2c(cn1)cc(-c1cc(Nc3nc(-c4ccccn4)no3)ccc1C)c(=O)n2C. The van der Waals surface area contributed by atoms with Crippen molar-refractivity contribution in [1.29, 1.82) is 0 Å². The number of aliphatic hydroxyl groups excluding tert-OH is 1. The quantitative estimate of drug-likeness (QED) is 0.167. The summed E-state index contributed by atoms with van der Waals surface area (Å²) in [6, 6.07) is 21.3. The van der Waals surface area contributed by atoms with E-state index >= 15 is 0 Å². The fraction of sp³-hybridized carbons (Fsp3) is 0.357. The Morgan fingerprint density at radius 1 is 0.962 bits per heavy atom. The Morgan fingerprint density at radius 2 is 1.83 bits per heavy atom. The summed E-state index contributed by atoms with van der Waals surface area (Å²) < 4.78 is 6.99. The Morgan fingerprint density at radius 3 is 2.65 bits per heavy atom. The first-order chi connectivity index (χ1) is 25.1. The number of aromatic hydroxyl groups is 1. The zero-order chi connectivity index (χ0) is 36.1. The molecule has 3 aliphatic carbocycles. The summed E-state index contributed by atoms with van der Waals surface area (Å²) in [5.74, 6) is 2.88. The standard InChI is InChI=1S/C24H20N6O2.C18H24O2/c1-14-7-8-17(27-24-28-22(29-32-24)20-6-4-5-9-25-20)12-18(14)19-11-16-13-26-15(2)10-21(16)30(3)23(19)31;1-18-9-8-14-13-5-3-12(19)10-11(13)2-4-15(14)16(18)6-7-17(18)20/h4-13H,1-3H3,(H,27,28,29);3,5,10,14-17,19-20H,2,4,6-9H2,1H3/t;14-,15-,16+,17+,18+/m.1/s1. The maximum atomic E-state index is 13.2. The molecule has 5 atom stereocenters. The Balaban J connectivity index is 0.000000165. The average molecular weight is 697 g/mol. The molecule has 2 aromatic carbocycles. The Labute approximate surface area is 302 Å². The number of fused-ring (bicyclic) bond motifs is 6. The van der Waals surface area contributed by atoms with Gasteiger partial charge in [0.15, 0.2) is 0 Å². The summed E-state index contributed by atoms with van der Waals surface area (Å²) in [5.41, 5.74) is 8.40. The first kappa shape index (κ1) is 33.8. The van der Waals surface area contributed by atoms with E-state index in [9.17, 15) is 15.0 Å². The maximum Gasteiger partial charge on any atom is 0.326 e. The van der Waals surface area contributed by atoms with Gasteiger partial charge in [-0.15, -0.1) is 0 Å². The number of rotatable bonds is 4. The van der Waals surface area contributed by atoms with E-state index in [-0.39, 0.29) is 23.1 Å². The topological polar surface area (TPSA) is 139 Å². The number of hydrogen-bond donors (Lipinski definition) is 3. The molecule has 4 aromatic heterocycles. The average Bonchev–Trinajstić information content (AvgIpc) is 3.74. The molecule has 0 aliphatic heterocycles. The maximum absolute atomic E-state index is 13.2. The Bertz CT molecular complexity index is 2340. The molecule has 0 spiro atoms. The Hall–Kier alpha value is -5.35. The molecule has 2 fully saturated rings. The van der Waals surface area contributed by atoms with Gasteiger partial charge in [-0.25, -0.2) is 0 Å². The van der Waals surface area contributed by atoms with E-state index in [2.05, 4.69) is 38.4 Å². The smallest absolute Gasteiger partial charge is 0.326 e. The highest BCUT2D eigenvalue weighted by Gasteiger charge is 2.54. The van der Waals surface area contributed by atoms with E-state index in [1.807, 2.05) is 74.5 Å². The molecule has 3 aliphatic rings. The molecular weight excluding hydrogens is 653 g/mol. The van der Waals surface area contributed by atoms with Gasteiger partial charge >= 0.3 is 6.01 Å². The van der Waals surface area contributed by atoms with Gasteiger partial charge in [0.1, 0.15) is 11.4 Å². The molecule has 52 heavy (non-hydrogen) atoms. The monoisotopic (exact) mass is 696 g/mol. The Kier molecular flexibility index (Phi) is 8.65. The third-order valence-corrected chi connectivity index (χ3v) is 12.0. The lowest BCUT2D eigenvalue weighted by molar-refractivity contribution is -0.0226. The fourth-order valence-electron chi connectivity index (χ4n) is 9.19. The van der Waals surface area contributed by atoms with Crippen LogP contribution in [0.15, 0.2) is 88.4 Å². The largest absolute Gasteiger partial charge is 0.508 e. The molecule has 2 saturated carbocycles. The summed E-state index contributed by atoms with van der Waals surface area (Å²) >= 11 is 0. The second kappa shape index (κ2) is 13.3. The zero-order valence-electron chi connectivity index (χ0n) is 30.0. The molecule has 0 bridgehead atoms. The predicted molar refractivity (Wildman–Crippen MR) is 201 cm³/mol. The molecule has 9 rings (SSSR count). The van der Waals surface area contributed by atoms with Crippen LogP contribution in [0, 0.1) is 31.1 Å². The van der Waals surface area contributed by atoms with Crippen LogP contribution >= 0.6 is 0 Å². The van der Waals surface area contributed by atoms with Gasteiger partial charge in [-0.1, -0.05) is 30.3 Å². The van der Waals surface area contributed by atoms with Crippen LogP contribution < -0.4 is 10.9 Å². The highest BCUT2D eigenvalue weighted by Crippen LogP contribution is 2.60. The first-order valence-corrected chi connectivity index (χ1v) is 18.2. The van der Waals surface area contributed by atoms with Crippen molar-refractivity contribution in [3.63, 3.8) is 0 Å². The van der Waals surface area contributed by atoms with E-state index in [4.69, 9.17) is 4.52 Å². The molecule has 0 saturated heterocycles. The molecule has 6 aromatic rings. The number of phenols is 1. The van der Waals surface area contributed by atoms with Gasteiger partial charge in [-0.05, 0) is 146 Å². The van der Waals surface area contributed by atoms with Crippen molar-refractivity contribution in [1.82, 2.24) is 24.7 Å². The number of nitrogens with zero attached hydrogens (tertiary/aromatic N) is 5. The van der Waals surface area contributed by atoms with E-state index in [1.165, 1.54) is 30.4 Å². The summed E-state index contributed by atoms with van der Waals surface area (Å²) in [4.78, 5) is 26.1. The minimum Gasteiger partial charge on any atom is -0.508 e. The van der Waals surface area contributed by atoms with Crippen LogP contribution in [0.2, 0.25) is 0 Å². The van der Waals surface area contributed by atoms with Crippen molar-refractivity contribution >= 4 is 22.6 Å². The second-order valence-corrected chi connectivity index (χ2v) is 15.0. The molecule has 0 amide bonds.